The van der Waals surface area contributed by atoms with Crippen LogP contribution in [0.2, 0.25) is 0 Å². The maximum atomic E-state index is 12.6. The first-order valence-corrected chi connectivity index (χ1v) is 13.5. The maximum absolute atomic E-state index is 12.6. The highest BCUT2D eigenvalue weighted by Crippen LogP contribution is 2.32. The molecule has 4 atom stereocenters. The Hall–Kier alpha value is -3.70. The summed E-state index contributed by atoms with van der Waals surface area (Å²) in [5.41, 5.74) is 0.00702. The first-order chi connectivity index (χ1) is 18.3. The van der Waals surface area contributed by atoms with Crippen molar-refractivity contribution in [1.82, 2.24) is 29.6 Å². The number of benzene rings is 1. The van der Waals surface area contributed by atoms with Gasteiger partial charge in [0.05, 0.1) is 11.2 Å². The zero-order valence-electron chi connectivity index (χ0n) is 21.6. The number of likely N-dealkylation sites (N-methyl/N-ethyl adjacent to an activating group) is 1. The molecule has 2 aromatic heterocycles. The van der Waals surface area contributed by atoms with Gasteiger partial charge in [0.1, 0.15) is 18.5 Å². The Morgan fingerprint density at radius 2 is 1.74 bits per heavy atom. The molecule has 1 aliphatic heterocycles. The monoisotopic (exact) mass is 562 g/mol. The molecule has 4 rings (SSSR count). The molecule has 16 heteroatoms. The van der Waals surface area contributed by atoms with Gasteiger partial charge in [0.25, 0.3) is 5.91 Å². The molecular formula is C23H30N8O7S. The van der Waals surface area contributed by atoms with E-state index in [9.17, 15) is 28.2 Å². The lowest BCUT2D eigenvalue weighted by atomic mass is 10.1. The van der Waals surface area contributed by atoms with E-state index in [0.717, 1.165) is 6.33 Å². The van der Waals surface area contributed by atoms with Gasteiger partial charge in [-0.3, -0.25) is 14.7 Å². The topological polar surface area (TPSA) is 210 Å². The summed E-state index contributed by atoms with van der Waals surface area (Å²) in [5, 5.41) is 28.5. The molecule has 1 aromatic carbocycles. The highest BCUT2D eigenvalue weighted by molar-refractivity contribution is 7.89. The minimum Gasteiger partial charge on any atom is -0.387 e. The van der Waals surface area contributed by atoms with Crippen molar-refractivity contribution in [2.75, 3.05) is 17.2 Å². The Labute approximate surface area is 224 Å². The van der Waals surface area contributed by atoms with E-state index in [1.807, 2.05) is 0 Å². The van der Waals surface area contributed by atoms with Gasteiger partial charge in [-0.2, -0.15) is 0 Å². The van der Waals surface area contributed by atoms with Crippen LogP contribution in [0.25, 0.3) is 11.2 Å². The van der Waals surface area contributed by atoms with E-state index in [0.29, 0.717) is 12.2 Å². The summed E-state index contributed by atoms with van der Waals surface area (Å²) < 4.78 is 34.4. The van der Waals surface area contributed by atoms with E-state index in [-0.39, 0.29) is 21.9 Å². The molecule has 39 heavy (non-hydrogen) atoms. The van der Waals surface area contributed by atoms with E-state index in [2.05, 4.69) is 35.6 Å². The second-order valence-electron chi connectivity index (χ2n) is 9.83. The summed E-state index contributed by atoms with van der Waals surface area (Å²) in [4.78, 5) is 37.3. The van der Waals surface area contributed by atoms with E-state index in [1.54, 1.807) is 27.7 Å². The summed E-state index contributed by atoms with van der Waals surface area (Å²) in [5.74, 6) is -0.529. The summed E-state index contributed by atoms with van der Waals surface area (Å²) >= 11 is 0. The van der Waals surface area contributed by atoms with Gasteiger partial charge in [-0.25, -0.2) is 32.9 Å². The highest BCUT2D eigenvalue weighted by atomic mass is 32.2. The summed E-state index contributed by atoms with van der Waals surface area (Å²) in [7, 11) is -3.73. The smallest absolute Gasteiger partial charge is 0.324 e. The van der Waals surface area contributed by atoms with Crippen LogP contribution >= 0.6 is 0 Å². The number of urea groups is 1. The largest absolute Gasteiger partial charge is 0.387 e. The van der Waals surface area contributed by atoms with Gasteiger partial charge in [-0.1, -0.05) is 0 Å². The normalized spacial score (nSPS) is 21.6. The molecule has 0 radical (unpaired) electrons. The number of carbonyl (C=O) groups is 2. The third kappa shape index (κ3) is 6.15. The zero-order chi connectivity index (χ0) is 28.5. The molecule has 210 valence electrons. The number of rotatable bonds is 7. The lowest BCUT2D eigenvalue weighted by Crippen LogP contribution is -2.42. The van der Waals surface area contributed by atoms with Gasteiger partial charge >= 0.3 is 6.03 Å². The number of anilines is 2. The minimum absolute atomic E-state index is 0.0399. The molecule has 1 aliphatic rings. The van der Waals surface area contributed by atoms with Crippen molar-refractivity contribution in [2.45, 2.75) is 62.7 Å². The molecular weight excluding hydrogens is 532 g/mol. The Morgan fingerprint density at radius 3 is 2.38 bits per heavy atom. The van der Waals surface area contributed by atoms with Crippen LogP contribution in [0.5, 0.6) is 0 Å². The van der Waals surface area contributed by atoms with Crippen LogP contribution in [0, 0.1) is 0 Å². The van der Waals surface area contributed by atoms with Crippen molar-refractivity contribution in [2.24, 2.45) is 0 Å². The van der Waals surface area contributed by atoms with E-state index in [1.165, 1.54) is 35.2 Å². The van der Waals surface area contributed by atoms with E-state index < -0.39 is 52.0 Å². The number of amides is 3. The highest BCUT2D eigenvalue weighted by Gasteiger charge is 2.47. The standard InChI is InChI=1S/C23H30N8O7S/c1-5-24-20(34)17-15(32)16(33)21(38-17)31-11-27-14-18(25-10-26-19(14)31)29-22(35)28-12-6-8-13(9-7-12)39(36,37)30-23(2,3)4/h6-11,15-17,21,30,32-33H,5H2,1-4H3,(H,24,34)(H2,25,26,28,29,35)/t15?,16?,17-,21+/m0/s1. The molecule has 0 saturated carbocycles. The molecule has 3 amide bonds. The lowest BCUT2D eigenvalue weighted by molar-refractivity contribution is -0.137. The second-order valence-corrected chi connectivity index (χ2v) is 11.5. The molecule has 2 unspecified atom stereocenters. The Kier molecular flexibility index (Phi) is 7.85. The SMILES string of the molecule is CCNC(=O)[C@H]1O[C@@H](n2cnc3c(NC(=O)Nc4ccc(S(=O)(=O)NC(C)(C)C)cc4)ncnc32)C(O)C1O. The van der Waals surface area contributed by atoms with Crippen molar-refractivity contribution in [3.8, 4) is 0 Å². The van der Waals surface area contributed by atoms with E-state index in [4.69, 9.17) is 4.74 Å². The summed E-state index contributed by atoms with van der Waals surface area (Å²) in [6, 6.07) is 4.93. The molecule has 1 saturated heterocycles. The molecule has 3 heterocycles. The number of sulfonamides is 1. The van der Waals surface area contributed by atoms with Crippen LogP contribution in [0.3, 0.4) is 0 Å². The lowest BCUT2D eigenvalue weighted by Gasteiger charge is -2.20. The molecule has 0 bridgehead atoms. The van der Waals surface area contributed by atoms with Crippen LogP contribution < -0.4 is 20.7 Å². The summed E-state index contributed by atoms with van der Waals surface area (Å²) in [6.45, 7) is 7.22. The number of ether oxygens (including phenoxy) is 1. The van der Waals surface area contributed by atoms with Crippen molar-refractivity contribution in [3.63, 3.8) is 0 Å². The number of nitrogens with zero attached hydrogens (tertiary/aromatic N) is 4. The number of aromatic nitrogens is 4. The maximum Gasteiger partial charge on any atom is 0.324 e. The molecule has 0 aliphatic carbocycles. The number of hydrogen-bond donors (Lipinski definition) is 6. The molecule has 15 nitrogen and oxygen atoms in total. The van der Waals surface area contributed by atoms with Crippen molar-refractivity contribution in [3.05, 3.63) is 36.9 Å². The zero-order valence-corrected chi connectivity index (χ0v) is 22.4. The number of aliphatic hydroxyl groups is 2. The van der Waals surface area contributed by atoms with E-state index >= 15 is 0 Å². The third-order valence-electron chi connectivity index (χ3n) is 5.58. The fourth-order valence-electron chi connectivity index (χ4n) is 3.96. The quantitative estimate of drug-likeness (QED) is 0.232. The average Bonchev–Trinajstić information content (AvgIpc) is 3.40. The number of fused-ring (bicyclic) bond motifs is 1. The first-order valence-electron chi connectivity index (χ1n) is 12.0. The number of imidazole rings is 1. The first kappa shape index (κ1) is 28.3. The fourth-order valence-corrected chi connectivity index (χ4v) is 5.38. The number of aliphatic hydroxyl groups excluding tert-OH is 2. The Morgan fingerprint density at radius 1 is 1.05 bits per heavy atom. The summed E-state index contributed by atoms with van der Waals surface area (Å²) in [6.07, 6.45) is -2.94. The number of hydrogen-bond acceptors (Lipinski definition) is 10. The second kappa shape index (κ2) is 10.8. The van der Waals surface area contributed by atoms with Crippen LogP contribution in [0.4, 0.5) is 16.3 Å². The number of carbonyl (C=O) groups excluding carboxylic acids is 2. The van der Waals surface area contributed by atoms with Crippen molar-refractivity contribution in [1.29, 1.82) is 0 Å². The molecule has 1 fully saturated rings. The molecule has 0 spiro atoms. The van der Waals surface area contributed by atoms with Gasteiger partial charge in [0.2, 0.25) is 10.0 Å². The Balaban J connectivity index is 1.48. The van der Waals surface area contributed by atoms with Gasteiger partial charge < -0.3 is 25.6 Å². The van der Waals surface area contributed by atoms with Crippen LogP contribution in [0.1, 0.15) is 33.9 Å². The van der Waals surface area contributed by atoms with Crippen molar-refractivity contribution >= 4 is 44.6 Å². The van der Waals surface area contributed by atoms with Gasteiger partial charge in [-0.15, -0.1) is 0 Å². The minimum atomic E-state index is -3.73. The third-order valence-corrected chi connectivity index (χ3v) is 7.35. The fraction of sp³-hybridized carbons (Fsp3) is 0.435. The predicted molar refractivity (Wildman–Crippen MR) is 139 cm³/mol. The van der Waals surface area contributed by atoms with Crippen LogP contribution in [-0.2, 0) is 19.6 Å². The predicted octanol–water partition coefficient (Wildman–Crippen LogP) is 0.302. The average molecular weight is 563 g/mol. The van der Waals surface area contributed by atoms with Gasteiger partial charge in [-0.05, 0) is 52.0 Å². The van der Waals surface area contributed by atoms with Crippen molar-refractivity contribution < 1.29 is 33.0 Å². The number of nitrogens with one attached hydrogen (secondary N) is 4. The molecule has 6 N–H and O–H groups in total. The van der Waals surface area contributed by atoms with Gasteiger partial charge in [0, 0.05) is 17.8 Å². The van der Waals surface area contributed by atoms with Crippen LogP contribution in [-0.4, -0.2) is 80.5 Å². The Bertz CT molecular complexity index is 1470. The molecule has 3 aromatic rings. The van der Waals surface area contributed by atoms with Crippen LogP contribution in [0.15, 0.2) is 41.8 Å². The van der Waals surface area contributed by atoms with Gasteiger partial charge in [0.15, 0.2) is 29.3 Å².